The Morgan fingerprint density at radius 3 is 2.41 bits per heavy atom. The Bertz CT molecular complexity index is 1100. The molecule has 2 aromatic rings. The van der Waals surface area contributed by atoms with Crippen molar-refractivity contribution < 1.29 is 26.3 Å². The van der Waals surface area contributed by atoms with Crippen LogP contribution >= 0.6 is 0 Å². The van der Waals surface area contributed by atoms with Gasteiger partial charge in [-0.1, -0.05) is 24.3 Å². The Morgan fingerprint density at radius 2 is 1.72 bits per heavy atom. The summed E-state index contributed by atoms with van der Waals surface area (Å²) in [5, 5.41) is 2.03. The van der Waals surface area contributed by atoms with Gasteiger partial charge in [0, 0.05) is 18.2 Å². The molecular formula is C20H25NO6S2. The summed E-state index contributed by atoms with van der Waals surface area (Å²) in [6.07, 6.45) is 0. The molecule has 1 N–H and O–H groups in total. The molecule has 0 radical (unpaired) electrons. The summed E-state index contributed by atoms with van der Waals surface area (Å²) in [7, 11) is -4.49. The molecule has 0 saturated carbocycles. The van der Waals surface area contributed by atoms with Crippen molar-refractivity contribution in [2.24, 2.45) is 0 Å². The summed E-state index contributed by atoms with van der Waals surface area (Å²) in [5.74, 6) is 0.208. The fourth-order valence-corrected chi connectivity index (χ4v) is 8.53. The molecule has 1 fully saturated rings. The van der Waals surface area contributed by atoms with E-state index in [2.05, 4.69) is 5.32 Å². The lowest BCUT2D eigenvalue weighted by atomic mass is 10.1. The van der Waals surface area contributed by atoms with Crippen LogP contribution in [-0.2, 0) is 26.2 Å². The molecule has 1 aliphatic rings. The molecule has 1 heterocycles. The van der Waals surface area contributed by atoms with Gasteiger partial charge in [0.1, 0.15) is 16.4 Å². The minimum absolute atomic E-state index is 0.0196. The van der Waals surface area contributed by atoms with Crippen LogP contribution in [0.2, 0.25) is 0 Å². The summed E-state index contributed by atoms with van der Waals surface area (Å²) in [6, 6.07) is 11.5. The minimum atomic E-state index is -3.94. The maximum absolute atomic E-state index is 13.4. The maximum Gasteiger partial charge on any atom is 0.187 e. The third-order valence-corrected chi connectivity index (χ3v) is 9.24. The monoisotopic (exact) mass is 439 g/mol. The lowest BCUT2D eigenvalue weighted by Gasteiger charge is -2.22. The van der Waals surface area contributed by atoms with Crippen LogP contribution in [0.15, 0.2) is 47.4 Å². The van der Waals surface area contributed by atoms with Gasteiger partial charge in [-0.25, -0.2) is 16.8 Å². The van der Waals surface area contributed by atoms with Crippen LogP contribution in [0, 0.1) is 6.92 Å². The van der Waals surface area contributed by atoms with Gasteiger partial charge in [0.25, 0.3) is 0 Å². The van der Waals surface area contributed by atoms with E-state index >= 15 is 0 Å². The van der Waals surface area contributed by atoms with Crippen molar-refractivity contribution in [2.45, 2.75) is 29.7 Å². The van der Waals surface area contributed by atoms with Crippen molar-refractivity contribution in [2.75, 3.05) is 25.7 Å². The van der Waals surface area contributed by atoms with Gasteiger partial charge in [-0.3, -0.25) is 0 Å². The van der Waals surface area contributed by atoms with Crippen molar-refractivity contribution in [3.8, 4) is 11.5 Å². The highest BCUT2D eigenvalue weighted by molar-refractivity contribution is 7.96. The number of aryl methyl sites for hydroxylation is 1. The lowest BCUT2D eigenvalue weighted by molar-refractivity contribution is 0.401. The van der Waals surface area contributed by atoms with E-state index in [1.54, 1.807) is 32.2 Å². The second kappa shape index (κ2) is 8.33. The van der Waals surface area contributed by atoms with Gasteiger partial charge in [-0.2, -0.15) is 0 Å². The molecule has 2 aromatic carbocycles. The summed E-state index contributed by atoms with van der Waals surface area (Å²) in [5.41, 5.74) is 1.58. The Labute approximate surface area is 171 Å². The van der Waals surface area contributed by atoms with E-state index in [1.807, 2.05) is 18.2 Å². The van der Waals surface area contributed by atoms with Gasteiger partial charge in [0.2, 0.25) is 0 Å². The van der Waals surface area contributed by atoms with E-state index in [4.69, 9.17) is 9.47 Å². The van der Waals surface area contributed by atoms with Gasteiger partial charge in [-0.05, 0) is 30.7 Å². The highest BCUT2D eigenvalue weighted by Crippen LogP contribution is 2.32. The van der Waals surface area contributed by atoms with Gasteiger partial charge in [-0.15, -0.1) is 0 Å². The summed E-state index contributed by atoms with van der Waals surface area (Å²) in [4.78, 5) is 0.0196. The number of hydrogen-bond donors (Lipinski definition) is 1. The number of rotatable bonds is 7. The first-order valence-electron chi connectivity index (χ1n) is 9.12. The van der Waals surface area contributed by atoms with Crippen molar-refractivity contribution in [3.63, 3.8) is 0 Å². The zero-order chi connectivity index (χ0) is 21.2. The first-order chi connectivity index (χ1) is 13.7. The van der Waals surface area contributed by atoms with Gasteiger partial charge < -0.3 is 14.8 Å². The quantitative estimate of drug-likeness (QED) is 0.702. The van der Waals surface area contributed by atoms with Gasteiger partial charge in [0.15, 0.2) is 19.7 Å². The van der Waals surface area contributed by atoms with Crippen molar-refractivity contribution in [1.29, 1.82) is 0 Å². The Hall–Kier alpha value is -2.10. The lowest BCUT2D eigenvalue weighted by Crippen LogP contribution is -2.43. The molecular weight excluding hydrogens is 414 g/mol. The van der Waals surface area contributed by atoms with E-state index in [0.29, 0.717) is 12.3 Å². The minimum Gasteiger partial charge on any atom is -0.496 e. The van der Waals surface area contributed by atoms with Gasteiger partial charge >= 0.3 is 0 Å². The highest BCUT2D eigenvalue weighted by atomic mass is 32.2. The molecule has 7 nitrogen and oxygen atoms in total. The SMILES string of the molecule is COc1ccccc1CN[C@H]1CS(=O)(=O)C[C@@H]1S(=O)(=O)c1cc(C)ccc1OC. The van der Waals surface area contributed by atoms with E-state index in [0.717, 1.165) is 11.1 Å². The molecule has 0 spiro atoms. The average molecular weight is 440 g/mol. The summed E-state index contributed by atoms with van der Waals surface area (Å²) >= 11 is 0. The Balaban J connectivity index is 1.93. The van der Waals surface area contributed by atoms with Crippen LogP contribution in [-0.4, -0.2) is 53.9 Å². The van der Waals surface area contributed by atoms with Crippen molar-refractivity contribution >= 4 is 19.7 Å². The van der Waals surface area contributed by atoms with Crippen LogP contribution in [0.25, 0.3) is 0 Å². The predicted molar refractivity (Wildman–Crippen MR) is 111 cm³/mol. The molecule has 0 aromatic heterocycles. The molecule has 29 heavy (non-hydrogen) atoms. The van der Waals surface area contributed by atoms with E-state index < -0.39 is 36.7 Å². The topological polar surface area (TPSA) is 98.8 Å². The fraction of sp³-hybridized carbons (Fsp3) is 0.400. The zero-order valence-corrected chi connectivity index (χ0v) is 18.2. The second-order valence-electron chi connectivity index (χ2n) is 7.11. The molecule has 1 aliphatic heterocycles. The van der Waals surface area contributed by atoms with Crippen LogP contribution in [0.3, 0.4) is 0 Å². The smallest absolute Gasteiger partial charge is 0.187 e. The molecule has 9 heteroatoms. The molecule has 0 unspecified atom stereocenters. The summed E-state index contributed by atoms with van der Waals surface area (Å²) in [6.45, 7) is 2.07. The molecule has 1 saturated heterocycles. The predicted octanol–water partition coefficient (Wildman–Crippen LogP) is 1.74. The molecule has 0 bridgehead atoms. The Kier molecular flexibility index (Phi) is 6.21. The number of ether oxygens (including phenoxy) is 2. The standard InChI is InChI=1S/C20H25NO6S2/c1-14-8-9-18(27-3)19(10-14)29(24,25)20-13-28(22,23)12-16(20)21-11-15-6-4-5-7-17(15)26-2/h4-10,16,20-21H,11-13H2,1-3H3/t16-,20-/m0/s1. The number of methoxy groups -OCH3 is 2. The first-order valence-corrected chi connectivity index (χ1v) is 12.5. The molecule has 2 atom stereocenters. The number of benzene rings is 2. The molecule has 0 aliphatic carbocycles. The largest absolute Gasteiger partial charge is 0.496 e. The fourth-order valence-electron chi connectivity index (χ4n) is 3.57. The summed E-state index contributed by atoms with van der Waals surface area (Å²) < 4.78 is 62.0. The van der Waals surface area contributed by atoms with Crippen LogP contribution in [0.5, 0.6) is 11.5 Å². The van der Waals surface area contributed by atoms with E-state index in [1.165, 1.54) is 13.2 Å². The molecule has 3 rings (SSSR count). The van der Waals surface area contributed by atoms with Crippen molar-refractivity contribution in [3.05, 3.63) is 53.6 Å². The number of sulfone groups is 2. The second-order valence-corrected chi connectivity index (χ2v) is 11.4. The van der Waals surface area contributed by atoms with Crippen molar-refractivity contribution in [1.82, 2.24) is 5.32 Å². The first kappa shape index (κ1) is 21.6. The number of hydrogen-bond acceptors (Lipinski definition) is 7. The van der Waals surface area contributed by atoms with Crippen LogP contribution < -0.4 is 14.8 Å². The average Bonchev–Trinajstić information content (AvgIpc) is 3.02. The number of nitrogens with one attached hydrogen (secondary N) is 1. The van der Waals surface area contributed by atoms with Crippen LogP contribution in [0.1, 0.15) is 11.1 Å². The maximum atomic E-state index is 13.4. The normalized spacial score (nSPS) is 21.1. The van der Waals surface area contributed by atoms with E-state index in [-0.39, 0.29) is 16.4 Å². The third-order valence-electron chi connectivity index (χ3n) is 5.07. The van der Waals surface area contributed by atoms with Crippen LogP contribution in [0.4, 0.5) is 0 Å². The number of para-hydroxylation sites is 1. The highest BCUT2D eigenvalue weighted by Gasteiger charge is 2.46. The molecule has 0 amide bonds. The van der Waals surface area contributed by atoms with Gasteiger partial charge in [0.05, 0.1) is 31.0 Å². The molecule has 158 valence electrons. The zero-order valence-electron chi connectivity index (χ0n) is 16.6. The Morgan fingerprint density at radius 1 is 1.03 bits per heavy atom. The van der Waals surface area contributed by atoms with E-state index in [9.17, 15) is 16.8 Å². The third kappa shape index (κ3) is 4.57.